The maximum Gasteiger partial charge on any atom is 0.565 e. The number of allylic oxidation sites excluding steroid dienone is 2. The van der Waals surface area contributed by atoms with Crippen molar-refractivity contribution in [3.8, 4) is 0 Å². The van der Waals surface area contributed by atoms with Crippen LogP contribution in [0.1, 0.15) is 13.8 Å². The number of nitrogens with zero attached hydrogens (tertiary/aromatic N) is 3. The van der Waals surface area contributed by atoms with E-state index in [9.17, 15) is 4.57 Å². The normalized spacial score (nSPS) is 19.8. The van der Waals surface area contributed by atoms with Gasteiger partial charge < -0.3 is 9.05 Å². The zero-order valence-corrected chi connectivity index (χ0v) is 8.06. The molecule has 1 aliphatic heterocycles. The van der Waals surface area contributed by atoms with Gasteiger partial charge in [-0.3, -0.25) is 0 Å². The van der Waals surface area contributed by atoms with E-state index in [1.807, 2.05) is 0 Å². The number of hydrogen-bond donors (Lipinski definition) is 0. The van der Waals surface area contributed by atoms with Gasteiger partial charge in [0.25, 0.3) is 0 Å². The average molecular weight is 201 g/mol. The molecule has 0 N–H and O–H groups in total. The highest BCUT2D eigenvalue weighted by atomic mass is 31.2. The lowest BCUT2D eigenvalue weighted by molar-refractivity contribution is 0.336. The first-order valence-corrected chi connectivity index (χ1v) is 5.13. The van der Waals surface area contributed by atoms with Crippen LogP contribution in [0.4, 0.5) is 0 Å². The second-order valence-electron chi connectivity index (χ2n) is 2.58. The van der Waals surface area contributed by atoms with Gasteiger partial charge in [-0.05, 0) is 13.8 Å². The van der Waals surface area contributed by atoms with Crippen LogP contribution in [-0.4, -0.2) is 14.5 Å². The monoisotopic (exact) mass is 201 g/mol. The van der Waals surface area contributed by atoms with Gasteiger partial charge in [0, 0.05) is 0 Å². The highest BCUT2D eigenvalue weighted by Crippen LogP contribution is 2.57. The summed E-state index contributed by atoms with van der Waals surface area (Å²) in [6.45, 7) is 3.37. The molecule has 0 unspecified atom stereocenters. The van der Waals surface area contributed by atoms with Gasteiger partial charge in [-0.1, -0.05) is 0 Å². The van der Waals surface area contributed by atoms with Crippen LogP contribution in [0.15, 0.2) is 24.2 Å². The Balaban J connectivity index is 2.34. The first-order valence-electron chi connectivity index (χ1n) is 3.64. The van der Waals surface area contributed by atoms with E-state index in [1.54, 1.807) is 13.8 Å². The summed E-state index contributed by atoms with van der Waals surface area (Å²) >= 11 is 0. The predicted molar refractivity (Wildman–Crippen MR) is 43.6 cm³/mol. The second kappa shape index (κ2) is 2.60. The van der Waals surface area contributed by atoms with Gasteiger partial charge in [0.1, 0.15) is 24.2 Å². The summed E-state index contributed by atoms with van der Waals surface area (Å²) in [5.74, 6) is 1.03. The summed E-state index contributed by atoms with van der Waals surface area (Å²) in [6, 6.07) is 0. The molecule has 0 radical (unpaired) electrons. The van der Waals surface area contributed by atoms with Gasteiger partial charge in [-0.15, -0.1) is 9.55 Å². The number of aromatic nitrogens is 3. The van der Waals surface area contributed by atoms with Crippen molar-refractivity contribution in [2.75, 3.05) is 0 Å². The summed E-state index contributed by atoms with van der Waals surface area (Å²) in [5, 5.41) is 3.70. The Kier molecular flexibility index (Phi) is 1.66. The molecule has 0 bridgehead atoms. The molecular weight excluding hydrogens is 193 g/mol. The van der Waals surface area contributed by atoms with Crippen LogP contribution in [0.5, 0.6) is 0 Å². The molecule has 0 aromatic carbocycles. The molecule has 1 aromatic heterocycles. The van der Waals surface area contributed by atoms with Crippen LogP contribution in [0.3, 0.4) is 0 Å². The van der Waals surface area contributed by atoms with Gasteiger partial charge in [0.2, 0.25) is 0 Å². The molecule has 2 rings (SSSR count). The smallest absolute Gasteiger partial charge is 0.400 e. The van der Waals surface area contributed by atoms with Crippen LogP contribution >= 0.6 is 7.75 Å². The zero-order valence-electron chi connectivity index (χ0n) is 7.17. The minimum Gasteiger partial charge on any atom is -0.400 e. The molecule has 0 spiro atoms. The molecule has 0 fully saturated rings. The highest BCUT2D eigenvalue weighted by molar-refractivity contribution is 7.52. The fourth-order valence-corrected chi connectivity index (χ4v) is 2.42. The van der Waals surface area contributed by atoms with Crippen molar-refractivity contribution in [3.63, 3.8) is 0 Å². The molecule has 7 heteroatoms. The minimum absolute atomic E-state index is 0.513. The van der Waals surface area contributed by atoms with E-state index >= 15 is 0 Å². The topological polar surface area (TPSA) is 66.2 Å². The summed E-state index contributed by atoms with van der Waals surface area (Å²) in [5.41, 5.74) is 0. The van der Waals surface area contributed by atoms with Gasteiger partial charge in [0.05, 0.1) is 0 Å². The summed E-state index contributed by atoms with van der Waals surface area (Å²) in [4.78, 5) is 3.66. The Morgan fingerprint density at radius 2 is 2.00 bits per heavy atom. The third-order valence-electron chi connectivity index (χ3n) is 1.66. The van der Waals surface area contributed by atoms with Crippen LogP contribution in [0, 0.1) is 0 Å². The second-order valence-corrected chi connectivity index (χ2v) is 4.29. The van der Waals surface area contributed by atoms with Crippen molar-refractivity contribution in [3.05, 3.63) is 24.2 Å². The molecule has 6 nitrogen and oxygen atoms in total. The largest absolute Gasteiger partial charge is 0.565 e. The average Bonchev–Trinajstić information content (AvgIpc) is 2.61. The van der Waals surface area contributed by atoms with E-state index in [0.717, 1.165) is 4.45 Å². The van der Waals surface area contributed by atoms with Crippen molar-refractivity contribution in [2.24, 2.45) is 0 Å². The fraction of sp³-hybridized carbons (Fsp3) is 0.333. The molecule has 0 aliphatic carbocycles. The SMILES string of the molecule is CC1=C(C)OP(=O)(n2cncn2)O1. The van der Waals surface area contributed by atoms with Crippen molar-refractivity contribution < 1.29 is 13.6 Å². The molecule has 13 heavy (non-hydrogen) atoms. The number of hydrogen-bond acceptors (Lipinski definition) is 5. The third kappa shape index (κ3) is 1.23. The Morgan fingerprint density at radius 1 is 1.38 bits per heavy atom. The molecule has 1 aromatic rings. The summed E-state index contributed by atoms with van der Waals surface area (Å²) < 4.78 is 23.1. The first kappa shape index (κ1) is 8.31. The van der Waals surface area contributed by atoms with Crippen molar-refractivity contribution in [1.82, 2.24) is 14.5 Å². The van der Waals surface area contributed by atoms with Crippen molar-refractivity contribution in [1.29, 1.82) is 0 Å². The lowest BCUT2D eigenvalue weighted by atomic mass is 10.5. The van der Waals surface area contributed by atoms with Gasteiger partial charge >= 0.3 is 7.75 Å². The Morgan fingerprint density at radius 3 is 2.46 bits per heavy atom. The maximum atomic E-state index is 11.9. The Labute approximate surface area is 74.8 Å². The molecule has 2 heterocycles. The van der Waals surface area contributed by atoms with Crippen LogP contribution in [-0.2, 0) is 13.6 Å². The quantitative estimate of drug-likeness (QED) is 0.644. The van der Waals surface area contributed by atoms with Crippen molar-refractivity contribution in [2.45, 2.75) is 13.8 Å². The van der Waals surface area contributed by atoms with Crippen LogP contribution in [0.25, 0.3) is 0 Å². The number of rotatable bonds is 1. The van der Waals surface area contributed by atoms with E-state index in [2.05, 4.69) is 10.1 Å². The molecule has 1 aliphatic rings. The Hall–Kier alpha value is -1.29. The first-order chi connectivity index (χ1) is 6.12. The lowest BCUT2D eigenvalue weighted by Crippen LogP contribution is -1.97. The molecule has 70 valence electrons. The molecular formula is C6H8N3O3P. The van der Waals surface area contributed by atoms with Gasteiger partial charge in [-0.2, -0.15) is 0 Å². The minimum atomic E-state index is -3.32. The summed E-state index contributed by atoms with van der Waals surface area (Å²) in [6.07, 6.45) is 2.57. The molecule has 0 atom stereocenters. The molecule has 0 saturated carbocycles. The van der Waals surface area contributed by atoms with E-state index < -0.39 is 7.75 Å². The van der Waals surface area contributed by atoms with Crippen LogP contribution < -0.4 is 0 Å². The Bertz CT molecular complexity index is 379. The molecule has 0 saturated heterocycles. The van der Waals surface area contributed by atoms with Gasteiger partial charge in [-0.25, -0.2) is 9.55 Å². The predicted octanol–water partition coefficient (Wildman–Crippen LogP) is 1.53. The zero-order chi connectivity index (χ0) is 9.47. The highest BCUT2D eigenvalue weighted by Gasteiger charge is 2.38. The van der Waals surface area contributed by atoms with E-state index in [4.69, 9.17) is 9.05 Å². The van der Waals surface area contributed by atoms with Gasteiger partial charge in [0.15, 0.2) is 0 Å². The molecule has 0 amide bonds. The van der Waals surface area contributed by atoms with Crippen molar-refractivity contribution >= 4 is 7.75 Å². The van der Waals surface area contributed by atoms with E-state index in [0.29, 0.717) is 11.5 Å². The lowest BCUT2D eigenvalue weighted by Gasteiger charge is -2.08. The fourth-order valence-electron chi connectivity index (χ4n) is 0.905. The summed E-state index contributed by atoms with van der Waals surface area (Å²) in [7, 11) is -3.32. The van der Waals surface area contributed by atoms with Crippen LogP contribution in [0.2, 0.25) is 0 Å². The van der Waals surface area contributed by atoms with E-state index in [-0.39, 0.29) is 0 Å². The maximum absolute atomic E-state index is 11.9. The van der Waals surface area contributed by atoms with E-state index in [1.165, 1.54) is 12.7 Å². The third-order valence-corrected chi connectivity index (χ3v) is 3.38. The standard InChI is InChI=1S/C6H8N3O3P/c1-5-6(2)12-13(10,11-5)9-4-7-3-8-9/h3-4H,1-2H3.